The number of fused-ring (bicyclic) bond motifs is 3. The minimum absolute atomic E-state index is 0.246. The number of aromatic nitrogens is 2. The summed E-state index contributed by atoms with van der Waals surface area (Å²) >= 11 is 0. The van der Waals surface area contributed by atoms with Crippen LogP contribution in [0.1, 0.15) is 33.9 Å². The molecule has 3 saturated heterocycles. The fraction of sp³-hybridized carbons (Fsp3) is 0.778. The highest BCUT2D eigenvalue weighted by Crippen LogP contribution is 2.43. The van der Waals surface area contributed by atoms with Gasteiger partial charge in [0.25, 0.3) is 5.56 Å². The summed E-state index contributed by atoms with van der Waals surface area (Å²) in [4.78, 5) is 26.2. The third kappa shape index (κ3) is 3.44. The molecular weight excluding hydrogens is 372 g/mol. The van der Waals surface area contributed by atoms with Crippen molar-refractivity contribution in [2.24, 2.45) is 0 Å². The zero-order valence-corrected chi connectivity index (χ0v) is 16.5. The lowest BCUT2D eigenvalue weighted by Crippen LogP contribution is -2.55. The highest BCUT2D eigenvalue weighted by atomic mass is 16.8. The predicted molar refractivity (Wildman–Crippen MR) is 94.8 cm³/mol. The van der Waals surface area contributed by atoms with Gasteiger partial charge in [-0.2, -0.15) is 0 Å². The Morgan fingerprint density at radius 1 is 1.07 bits per heavy atom. The topological polar surface area (TPSA) is 110 Å². The van der Waals surface area contributed by atoms with Gasteiger partial charge in [-0.3, -0.25) is 14.3 Å². The molecule has 0 spiro atoms. The molecule has 1 aromatic rings. The van der Waals surface area contributed by atoms with Crippen molar-refractivity contribution in [2.75, 3.05) is 13.7 Å². The zero-order chi connectivity index (χ0) is 20.3. The Morgan fingerprint density at radius 3 is 2.43 bits per heavy atom. The molecule has 10 nitrogen and oxygen atoms in total. The van der Waals surface area contributed by atoms with Crippen molar-refractivity contribution in [1.82, 2.24) is 9.55 Å². The Bertz CT molecular complexity index is 846. The first-order valence-corrected chi connectivity index (χ1v) is 9.27. The van der Waals surface area contributed by atoms with Crippen molar-refractivity contribution < 1.29 is 28.4 Å². The maximum absolute atomic E-state index is 12.4. The van der Waals surface area contributed by atoms with Gasteiger partial charge in [0.15, 0.2) is 17.8 Å². The van der Waals surface area contributed by atoms with E-state index in [1.807, 2.05) is 27.7 Å². The summed E-state index contributed by atoms with van der Waals surface area (Å²) in [5, 5.41) is 0. The third-order valence-electron chi connectivity index (χ3n) is 5.19. The number of ether oxygens (including phenoxy) is 6. The molecule has 4 heterocycles. The maximum Gasteiger partial charge on any atom is 0.330 e. The summed E-state index contributed by atoms with van der Waals surface area (Å²) < 4.78 is 37.4. The summed E-state index contributed by atoms with van der Waals surface area (Å²) in [5.41, 5.74) is -1.10. The SMILES string of the molecule is COC1C(n2ccc(=O)[nH]c2=O)OC2COC(C)(C)O[C@@H]2C2OC(C)(C)O[C@@H]12. The maximum atomic E-state index is 12.4. The van der Waals surface area contributed by atoms with Gasteiger partial charge in [-0.25, -0.2) is 4.79 Å². The highest BCUT2D eigenvalue weighted by Gasteiger charge is 2.58. The van der Waals surface area contributed by atoms with Gasteiger partial charge in [-0.05, 0) is 27.7 Å². The van der Waals surface area contributed by atoms with E-state index >= 15 is 0 Å². The Kier molecular flexibility index (Phi) is 4.76. The van der Waals surface area contributed by atoms with Crippen LogP contribution in [0, 0.1) is 0 Å². The first-order chi connectivity index (χ1) is 13.1. The molecule has 3 aliphatic heterocycles. The molecule has 3 aliphatic rings. The molecule has 3 fully saturated rings. The van der Waals surface area contributed by atoms with Crippen LogP contribution in [0.5, 0.6) is 0 Å². The second kappa shape index (κ2) is 6.75. The molecule has 4 unspecified atom stereocenters. The summed E-state index contributed by atoms with van der Waals surface area (Å²) in [7, 11) is 1.51. The van der Waals surface area contributed by atoms with Crippen molar-refractivity contribution >= 4 is 0 Å². The molecule has 0 aliphatic carbocycles. The molecule has 0 bridgehead atoms. The largest absolute Gasteiger partial charge is 0.374 e. The third-order valence-corrected chi connectivity index (χ3v) is 5.19. The lowest BCUT2D eigenvalue weighted by atomic mass is 9.99. The molecule has 28 heavy (non-hydrogen) atoms. The van der Waals surface area contributed by atoms with Gasteiger partial charge in [-0.15, -0.1) is 0 Å². The summed E-state index contributed by atoms with van der Waals surface area (Å²) in [6, 6.07) is 1.25. The van der Waals surface area contributed by atoms with E-state index in [1.54, 1.807) is 0 Å². The lowest BCUT2D eigenvalue weighted by Gasteiger charge is -2.42. The average Bonchev–Trinajstić information content (AvgIpc) is 2.86. The second-order valence-corrected chi connectivity index (χ2v) is 8.14. The van der Waals surface area contributed by atoms with Crippen LogP contribution in [0.4, 0.5) is 0 Å². The molecule has 1 aromatic heterocycles. The molecule has 0 aromatic carbocycles. The Hall–Kier alpha value is -1.56. The Labute approximate surface area is 161 Å². The molecule has 156 valence electrons. The summed E-state index contributed by atoms with van der Waals surface area (Å²) in [6.07, 6.45) is -2.25. The van der Waals surface area contributed by atoms with Crippen LogP contribution in [0.2, 0.25) is 0 Å². The number of rotatable bonds is 2. The average molecular weight is 398 g/mol. The van der Waals surface area contributed by atoms with Gasteiger partial charge in [-0.1, -0.05) is 0 Å². The van der Waals surface area contributed by atoms with Gasteiger partial charge in [0.2, 0.25) is 0 Å². The monoisotopic (exact) mass is 398 g/mol. The molecular formula is C18H26N2O8. The van der Waals surface area contributed by atoms with Crippen LogP contribution in [-0.4, -0.2) is 65.4 Å². The molecule has 4 rings (SSSR count). The number of nitrogens with zero attached hydrogens (tertiary/aromatic N) is 1. The number of aromatic amines is 1. The highest BCUT2D eigenvalue weighted by molar-refractivity contribution is 5.02. The van der Waals surface area contributed by atoms with E-state index in [-0.39, 0.29) is 6.61 Å². The van der Waals surface area contributed by atoms with E-state index in [0.717, 1.165) is 0 Å². The predicted octanol–water partition coefficient (Wildman–Crippen LogP) is 0.121. The zero-order valence-electron chi connectivity index (χ0n) is 16.5. The van der Waals surface area contributed by atoms with Gasteiger partial charge in [0.05, 0.1) is 6.61 Å². The van der Waals surface area contributed by atoms with Crippen LogP contribution < -0.4 is 11.2 Å². The standard InChI is InChI=1S/C18H26N2O8/c1-17(2)24-8-9-11(26-17)12-13(28-18(3,4)27-12)14(23-5)15(25-9)20-7-6-10(21)19-16(20)22/h6-7,9,11-15H,8H2,1-5H3,(H,19,21,22)/t9?,11-,12?,13+,14?,15?/m0/s1. The van der Waals surface area contributed by atoms with Gasteiger partial charge >= 0.3 is 5.69 Å². The molecule has 0 radical (unpaired) electrons. The van der Waals surface area contributed by atoms with E-state index in [9.17, 15) is 9.59 Å². The quantitative estimate of drug-likeness (QED) is 0.748. The molecule has 6 atom stereocenters. The van der Waals surface area contributed by atoms with Crippen LogP contribution >= 0.6 is 0 Å². The lowest BCUT2D eigenvalue weighted by molar-refractivity contribution is -0.333. The van der Waals surface area contributed by atoms with Crippen molar-refractivity contribution in [2.45, 2.75) is 76.0 Å². The Balaban J connectivity index is 1.79. The van der Waals surface area contributed by atoms with E-state index in [0.29, 0.717) is 0 Å². The first-order valence-electron chi connectivity index (χ1n) is 9.27. The fourth-order valence-electron chi connectivity index (χ4n) is 4.06. The van der Waals surface area contributed by atoms with E-state index in [4.69, 9.17) is 28.4 Å². The number of hydrogen-bond donors (Lipinski definition) is 1. The van der Waals surface area contributed by atoms with E-state index in [2.05, 4.69) is 4.98 Å². The van der Waals surface area contributed by atoms with Gasteiger partial charge in [0.1, 0.15) is 30.5 Å². The van der Waals surface area contributed by atoms with Gasteiger partial charge in [0, 0.05) is 19.4 Å². The van der Waals surface area contributed by atoms with Crippen molar-refractivity contribution in [3.63, 3.8) is 0 Å². The van der Waals surface area contributed by atoms with Crippen LogP contribution in [-0.2, 0) is 28.4 Å². The van der Waals surface area contributed by atoms with Gasteiger partial charge < -0.3 is 28.4 Å². The smallest absolute Gasteiger partial charge is 0.330 e. The molecule has 0 amide bonds. The van der Waals surface area contributed by atoms with Crippen LogP contribution in [0.15, 0.2) is 21.9 Å². The molecule has 0 saturated carbocycles. The number of H-pyrrole nitrogens is 1. The summed E-state index contributed by atoms with van der Waals surface area (Å²) in [5.74, 6) is -1.68. The number of nitrogens with one attached hydrogen (secondary N) is 1. The first kappa shape index (κ1) is 19.7. The van der Waals surface area contributed by atoms with Crippen molar-refractivity contribution in [3.8, 4) is 0 Å². The normalized spacial score (nSPS) is 39.0. The number of hydrogen-bond acceptors (Lipinski definition) is 8. The number of methoxy groups -OCH3 is 1. The summed E-state index contributed by atoms with van der Waals surface area (Å²) in [6.45, 7) is 7.52. The van der Waals surface area contributed by atoms with Crippen molar-refractivity contribution in [3.05, 3.63) is 33.1 Å². The van der Waals surface area contributed by atoms with Crippen molar-refractivity contribution in [1.29, 1.82) is 0 Å². The van der Waals surface area contributed by atoms with Crippen LogP contribution in [0.3, 0.4) is 0 Å². The minimum Gasteiger partial charge on any atom is -0.374 e. The molecule has 10 heteroatoms. The minimum atomic E-state index is -0.872. The second-order valence-electron chi connectivity index (χ2n) is 8.14. The fourth-order valence-corrected chi connectivity index (χ4v) is 4.06. The Morgan fingerprint density at radius 2 is 1.75 bits per heavy atom. The molecule has 1 N–H and O–H groups in total. The van der Waals surface area contributed by atoms with Crippen LogP contribution in [0.25, 0.3) is 0 Å². The van der Waals surface area contributed by atoms with E-state index < -0.39 is 59.6 Å². The van der Waals surface area contributed by atoms with E-state index in [1.165, 1.54) is 23.9 Å².